The Morgan fingerprint density at radius 3 is 2.38 bits per heavy atom. The maximum absolute atomic E-state index is 4.51. The topological polar surface area (TPSA) is 42.9 Å². The molecule has 2 aliphatic heterocycles. The molecule has 0 aromatic rings. The molecular weight excluding hydrogens is 322 g/mol. The van der Waals surface area contributed by atoms with Gasteiger partial charge in [-0.3, -0.25) is 9.89 Å². The minimum Gasteiger partial charge on any atom is -0.356 e. The van der Waals surface area contributed by atoms with Gasteiger partial charge in [-0.2, -0.15) is 0 Å². The lowest BCUT2D eigenvalue weighted by molar-refractivity contribution is 0.0368. The van der Waals surface area contributed by atoms with E-state index in [2.05, 4.69) is 32.5 Å². The molecule has 1 saturated carbocycles. The predicted molar refractivity (Wildman–Crippen MR) is 111 cm³/mol. The first-order valence-electron chi connectivity index (χ1n) is 11.1. The SMILES string of the molecule is CN=C(NCC1CCCN(C)C1)NCC1(N2CCCCC2)CCCCC1. The van der Waals surface area contributed by atoms with Gasteiger partial charge in [-0.25, -0.2) is 0 Å². The van der Waals surface area contributed by atoms with Crippen molar-refractivity contribution in [2.45, 2.75) is 69.7 Å². The van der Waals surface area contributed by atoms with Crippen LogP contribution in [0.4, 0.5) is 0 Å². The molecule has 1 unspecified atom stereocenters. The van der Waals surface area contributed by atoms with Crippen molar-refractivity contribution in [1.29, 1.82) is 0 Å². The zero-order valence-electron chi connectivity index (χ0n) is 17.2. The van der Waals surface area contributed by atoms with Gasteiger partial charge in [0.1, 0.15) is 0 Å². The minimum atomic E-state index is 0.362. The van der Waals surface area contributed by atoms with E-state index in [-0.39, 0.29) is 0 Å². The Balaban J connectivity index is 1.51. The van der Waals surface area contributed by atoms with Crippen molar-refractivity contribution < 1.29 is 0 Å². The smallest absolute Gasteiger partial charge is 0.191 e. The summed E-state index contributed by atoms with van der Waals surface area (Å²) in [5.41, 5.74) is 0.362. The fourth-order valence-electron chi connectivity index (χ4n) is 5.33. The molecule has 5 heteroatoms. The second-order valence-electron chi connectivity index (χ2n) is 8.91. The highest BCUT2D eigenvalue weighted by atomic mass is 15.3. The van der Waals surface area contributed by atoms with Crippen molar-refractivity contribution in [2.75, 3.05) is 53.4 Å². The van der Waals surface area contributed by atoms with Crippen molar-refractivity contribution in [1.82, 2.24) is 20.4 Å². The van der Waals surface area contributed by atoms with Crippen LogP contribution in [0.5, 0.6) is 0 Å². The molecule has 0 aromatic heterocycles. The van der Waals surface area contributed by atoms with E-state index < -0.39 is 0 Å². The number of piperidine rings is 2. The van der Waals surface area contributed by atoms with E-state index in [1.54, 1.807) is 0 Å². The van der Waals surface area contributed by atoms with E-state index >= 15 is 0 Å². The molecule has 1 atom stereocenters. The molecule has 1 aliphatic carbocycles. The summed E-state index contributed by atoms with van der Waals surface area (Å²) in [6, 6.07) is 0. The first kappa shape index (κ1) is 19.9. The number of nitrogens with one attached hydrogen (secondary N) is 2. The molecular formula is C21H41N5. The summed E-state index contributed by atoms with van der Waals surface area (Å²) < 4.78 is 0. The van der Waals surface area contributed by atoms with Gasteiger partial charge in [0.2, 0.25) is 0 Å². The number of hydrogen-bond donors (Lipinski definition) is 2. The van der Waals surface area contributed by atoms with Crippen molar-refractivity contribution >= 4 is 5.96 Å². The first-order chi connectivity index (χ1) is 12.7. The van der Waals surface area contributed by atoms with Gasteiger partial charge in [0.15, 0.2) is 5.96 Å². The normalized spacial score (nSPS) is 28.7. The average Bonchev–Trinajstić information content (AvgIpc) is 2.69. The fraction of sp³-hybridized carbons (Fsp3) is 0.952. The predicted octanol–water partition coefficient (Wildman–Crippen LogP) is 2.68. The van der Waals surface area contributed by atoms with Gasteiger partial charge in [0.25, 0.3) is 0 Å². The molecule has 3 aliphatic rings. The summed E-state index contributed by atoms with van der Waals surface area (Å²) in [6.07, 6.45) is 13.7. The van der Waals surface area contributed by atoms with E-state index in [1.165, 1.54) is 90.4 Å². The van der Waals surface area contributed by atoms with Crippen LogP contribution in [0.15, 0.2) is 4.99 Å². The Hall–Kier alpha value is -0.810. The van der Waals surface area contributed by atoms with Crippen LogP contribution in [0.25, 0.3) is 0 Å². The summed E-state index contributed by atoms with van der Waals surface area (Å²) in [5, 5.41) is 7.32. The summed E-state index contributed by atoms with van der Waals surface area (Å²) in [4.78, 5) is 9.78. The fourth-order valence-corrected chi connectivity index (χ4v) is 5.33. The lowest BCUT2D eigenvalue weighted by Gasteiger charge is -2.48. The molecule has 26 heavy (non-hydrogen) atoms. The van der Waals surface area contributed by atoms with Crippen LogP contribution in [0, 0.1) is 5.92 Å². The third-order valence-corrected chi connectivity index (χ3v) is 6.90. The molecule has 5 nitrogen and oxygen atoms in total. The summed E-state index contributed by atoms with van der Waals surface area (Å²) in [6.45, 7) is 7.14. The Bertz CT molecular complexity index is 438. The molecule has 2 N–H and O–H groups in total. The Labute approximate surface area is 161 Å². The Morgan fingerprint density at radius 1 is 0.962 bits per heavy atom. The van der Waals surface area contributed by atoms with Gasteiger partial charge in [-0.15, -0.1) is 0 Å². The molecule has 0 bridgehead atoms. The molecule has 0 radical (unpaired) electrons. The van der Waals surface area contributed by atoms with E-state index in [9.17, 15) is 0 Å². The number of guanidine groups is 1. The van der Waals surface area contributed by atoms with E-state index in [0.29, 0.717) is 5.54 Å². The summed E-state index contributed by atoms with van der Waals surface area (Å²) in [5.74, 6) is 1.75. The van der Waals surface area contributed by atoms with Crippen molar-refractivity contribution in [3.05, 3.63) is 0 Å². The van der Waals surface area contributed by atoms with Crippen LogP contribution in [0.1, 0.15) is 64.2 Å². The number of aliphatic imine (C=N–C) groups is 1. The van der Waals surface area contributed by atoms with E-state index in [4.69, 9.17) is 0 Å². The zero-order chi connectivity index (χ0) is 18.2. The largest absolute Gasteiger partial charge is 0.356 e. The number of rotatable bonds is 5. The van der Waals surface area contributed by atoms with Gasteiger partial charge < -0.3 is 15.5 Å². The number of nitrogens with zero attached hydrogens (tertiary/aromatic N) is 3. The van der Waals surface area contributed by atoms with Gasteiger partial charge in [0.05, 0.1) is 0 Å². The van der Waals surface area contributed by atoms with Crippen LogP contribution in [-0.4, -0.2) is 74.7 Å². The standard InChI is InChI=1S/C21H41N5/c1-22-20(23-16-19-10-9-13-25(2)17-19)24-18-21(11-5-3-6-12-21)26-14-7-4-8-15-26/h19H,3-18H2,1-2H3,(H2,22,23,24). The molecule has 2 heterocycles. The van der Waals surface area contributed by atoms with Gasteiger partial charge in [-0.1, -0.05) is 25.7 Å². The molecule has 3 rings (SSSR count). The monoisotopic (exact) mass is 363 g/mol. The third kappa shape index (κ3) is 5.35. The number of hydrogen-bond acceptors (Lipinski definition) is 3. The number of likely N-dealkylation sites (tertiary alicyclic amines) is 2. The molecule has 0 spiro atoms. The lowest BCUT2D eigenvalue weighted by Crippen LogP contribution is -2.59. The molecule has 3 fully saturated rings. The van der Waals surface area contributed by atoms with Gasteiger partial charge in [0, 0.05) is 32.2 Å². The molecule has 0 aromatic carbocycles. The minimum absolute atomic E-state index is 0.362. The Morgan fingerprint density at radius 2 is 1.69 bits per heavy atom. The quantitative estimate of drug-likeness (QED) is 0.582. The van der Waals surface area contributed by atoms with Crippen molar-refractivity contribution in [3.8, 4) is 0 Å². The zero-order valence-corrected chi connectivity index (χ0v) is 17.2. The van der Waals surface area contributed by atoms with E-state index in [0.717, 1.165) is 25.0 Å². The molecule has 2 saturated heterocycles. The second-order valence-corrected chi connectivity index (χ2v) is 8.91. The summed E-state index contributed by atoms with van der Waals surface area (Å²) >= 11 is 0. The van der Waals surface area contributed by atoms with Crippen LogP contribution in [0.2, 0.25) is 0 Å². The maximum Gasteiger partial charge on any atom is 0.191 e. The van der Waals surface area contributed by atoms with Gasteiger partial charge in [-0.05, 0) is 71.1 Å². The second kappa shape index (κ2) is 9.93. The van der Waals surface area contributed by atoms with Crippen LogP contribution < -0.4 is 10.6 Å². The Kier molecular flexibility index (Phi) is 7.62. The maximum atomic E-state index is 4.51. The van der Waals surface area contributed by atoms with E-state index in [1.807, 2.05) is 7.05 Å². The highest BCUT2D eigenvalue weighted by Crippen LogP contribution is 2.35. The van der Waals surface area contributed by atoms with Crippen LogP contribution in [-0.2, 0) is 0 Å². The van der Waals surface area contributed by atoms with Gasteiger partial charge >= 0.3 is 0 Å². The highest BCUT2D eigenvalue weighted by molar-refractivity contribution is 5.79. The van der Waals surface area contributed by atoms with Crippen molar-refractivity contribution in [3.63, 3.8) is 0 Å². The first-order valence-corrected chi connectivity index (χ1v) is 11.1. The third-order valence-electron chi connectivity index (χ3n) is 6.90. The molecule has 150 valence electrons. The van der Waals surface area contributed by atoms with Crippen LogP contribution in [0.3, 0.4) is 0 Å². The van der Waals surface area contributed by atoms with Crippen molar-refractivity contribution in [2.24, 2.45) is 10.9 Å². The summed E-state index contributed by atoms with van der Waals surface area (Å²) in [7, 11) is 4.15. The lowest BCUT2D eigenvalue weighted by atomic mass is 9.79. The van der Waals surface area contributed by atoms with Crippen LogP contribution >= 0.6 is 0 Å². The average molecular weight is 364 g/mol. The highest BCUT2D eigenvalue weighted by Gasteiger charge is 2.38. The molecule has 0 amide bonds.